The highest BCUT2D eigenvalue weighted by atomic mass is 79.9. The molecule has 0 spiro atoms. The zero-order chi connectivity index (χ0) is 9.23. The topological polar surface area (TPSA) is 21.3 Å². The van der Waals surface area contributed by atoms with E-state index in [9.17, 15) is 0 Å². The molecule has 0 amide bonds. The molecule has 0 aliphatic carbocycles. The van der Waals surface area contributed by atoms with Crippen molar-refractivity contribution in [3.8, 4) is 0 Å². The Morgan fingerprint density at radius 1 is 1.50 bits per heavy atom. The normalized spacial score (nSPS) is 10.2. The van der Waals surface area contributed by atoms with Crippen molar-refractivity contribution in [2.75, 3.05) is 26.3 Å². The van der Waals surface area contributed by atoms with Gasteiger partial charge in [0.2, 0.25) is 0 Å². The fourth-order valence-electron chi connectivity index (χ4n) is 0.770. The van der Waals surface area contributed by atoms with E-state index in [0.717, 1.165) is 43.6 Å². The van der Waals surface area contributed by atoms with Gasteiger partial charge in [0.1, 0.15) is 0 Å². The van der Waals surface area contributed by atoms with Gasteiger partial charge in [-0.1, -0.05) is 29.4 Å². The number of halogens is 1. The maximum absolute atomic E-state index is 5.32. The molecule has 0 bridgehead atoms. The van der Waals surface area contributed by atoms with Crippen molar-refractivity contribution in [3.63, 3.8) is 0 Å². The van der Waals surface area contributed by atoms with Crippen molar-refractivity contribution < 1.29 is 4.74 Å². The van der Waals surface area contributed by atoms with Crippen LogP contribution in [0.4, 0.5) is 0 Å². The molecule has 12 heavy (non-hydrogen) atoms. The fraction of sp³-hybridized carbons (Fsp3) is 0.778. The van der Waals surface area contributed by atoms with Gasteiger partial charge in [0, 0.05) is 24.2 Å². The van der Waals surface area contributed by atoms with Gasteiger partial charge in [0.25, 0.3) is 0 Å². The van der Waals surface area contributed by atoms with Crippen LogP contribution in [0.2, 0.25) is 0 Å². The van der Waals surface area contributed by atoms with Gasteiger partial charge >= 0.3 is 0 Å². The van der Waals surface area contributed by atoms with Gasteiger partial charge in [-0.3, -0.25) is 0 Å². The number of hydrogen-bond donors (Lipinski definition) is 1. The van der Waals surface area contributed by atoms with Crippen LogP contribution in [-0.4, -0.2) is 26.3 Å². The minimum Gasteiger partial charge on any atom is -0.381 e. The van der Waals surface area contributed by atoms with Gasteiger partial charge < -0.3 is 10.1 Å². The Morgan fingerprint density at radius 2 is 2.25 bits per heavy atom. The van der Waals surface area contributed by atoms with Gasteiger partial charge in [-0.25, -0.2) is 0 Å². The van der Waals surface area contributed by atoms with Crippen LogP contribution in [0.1, 0.15) is 19.8 Å². The van der Waals surface area contributed by atoms with E-state index in [1.807, 2.05) is 0 Å². The molecule has 2 nitrogen and oxygen atoms in total. The van der Waals surface area contributed by atoms with E-state index in [1.54, 1.807) is 0 Å². The van der Waals surface area contributed by atoms with E-state index >= 15 is 0 Å². The predicted octanol–water partition coefficient (Wildman–Crippen LogP) is 2.30. The third kappa shape index (κ3) is 10.1. The molecule has 0 heterocycles. The van der Waals surface area contributed by atoms with Crippen LogP contribution < -0.4 is 5.32 Å². The summed E-state index contributed by atoms with van der Waals surface area (Å²) >= 11 is 3.28. The summed E-state index contributed by atoms with van der Waals surface area (Å²) in [6, 6.07) is 0. The highest BCUT2D eigenvalue weighted by molar-refractivity contribution is 9.11. The van der Waals surface area contributed by atoms with Gasteiger partial charge in [-0.05, 0) is 19.4 Å². The highest BCUT2D eigenvalue weighted by Crippen LogP contribution is 1.96. The summed E-state index contributed by atoms with van der Waals surface area (Å²) < 4.78 is 6.31. The molecule has 0 aliphatic rings. The molecule has 0 radical (unpaired) electrons. The SMILES string of the molecule is C=C(Br)CNCCCOCCC. The summed E-state index contributed by atoms with van der Waals surface area (Å²) in [7, 11) is 0. The molecule has 0 aromatic rings. The predicted molar refractivity (Wildman–Crippen MR) is 56.7 cm³/mol. The lowest BCUT2D eigenvalue weighted by atomic mass is 10.4. The average Bonchev–Trinajstić information content (AvgIpc) is 2.02. The van der Waals surface area contributed by atoms with E-state index in [2.05, 4.69) is 34.7 Å². The zero-order valence-electron chi connectivity index (χ0n) is 7.74. The Balaban J connectivity index is 2.86. The van der Waals surface area contributed by atoms with Crippen molar-refractivity contribution in [1.29, 1.82) is 0 Å². The van der Waals surface area contributed by atoms with Gasteiger partial charge in [-0.15, -0.1) is 0 Å². The Bertz CT molecular complexity index is 117. The molecule has 3 heteroatoms. The van der Waals surface area contributed by atoms with Gasteiger partial charge in [0.15, 0.2) is 0 Å². The molecule has 1 N–H and O–H groups in total. The number of nitrogens with one attached hydrogen (secondary N) is 1. The van der Waals surface area contributed by atoms with E-state index in [0.29, 0.717) is 0 Å². The van der Waals surface area contributed by atoms with Gasteiger partial charge in [-0.2, -0.15) is 0 Å². The van der Waals surface area contributed by atoms with Crippen LogP contribution in [0.5, 0.6) is 0 Å². The third-order valence-corrected chi connectivity index (χ3v) is 1.59. The molecule has 72 valence electrons. The smallest absolute Gasteiger partial charge is 0.0478 e. The minimum absolute atomic E-state index is 0.841. The van der Waals surface area contributed by atoms with E-state index in [4.69, 9.17) is 4.74 Å². The van der Waals surface area contributed by atoms with E-state index in [-0.39, 0.29) is 0 Å². The molecule has 0 aromatic heterocycles. The lowest BCUT2D eigenvalue weighted by Crippen LogP contribution is -2.18. The zero-order valence-corrected chi connectivity index (χ0v) is 9.32. The first kappa shape index (κ1) is 12.1. The van der Waals surface area contributed by atoms with Crippen LogP contribution in [0.3, 0.4) is 0 Å². The Kier molecular flexibility index (Phi) is 9.34. The molecule has 0 fully saturated rings. The summed E-state index contributed by atoms with van der Waals surface area (Å²) in [6.45, 7) is 9.42. The number of ether oxygens (including phenoxy) is 1. The van der Waals surface area contributed by atoms with Crippen molar-refractivity contribution in [1.82, 2.24) is 5.32 Å². The molecule has 0 rings (SSSR count). The molecule has 0 unspecified atom stereocenters. The second-order valence-electron chi connectivity index (χ2n) is 2.66. The van der Waals surface area contributed by atoms with E-state index in [1.165, 1.54) is 0 Å². The van der Waals surface area contributed by atoms with Crippen LogP contribution in [0.15, 0.2) is 11.1 Å². The standard InChI is InChI=1S/C9H18BrNO/c1-3-6-12-7-4-5-11-8-9(2)10/h11H,2-8H2,1H3. The van der Waals surface area contributed by atoms with Crippen molar-refractivity contribution >= 4 is 15.9 Å². The Labute approximate surface area is 83.5 Å². The first-order valence-corrected chi connectivity index (χ1v) is 5.18. The lowest BCUT2D eigenvalue weighted by Gasteiger charge is -2.03. The maximum atomic E-state index is 5.32. The van der Waals surface area contributed by atoms with E-state index < -0.39 is 0 Å². The minimum atomic E-state index is 0.841. The van der Waals surface area contributed by atoms with Crippen molar-refractivity contribution in [3.05, 3.63) is 11.1 Å². The second kappa shape index (κ2) is 9.23. The molecule has 0 saturated carbocycles. The van der Waals surface area contributed by atoms with Crippen LogP contribution in [0, 0.1) is 0 Å². The Morgan fingerprint density at radius 3 is 2.83 bits per heavy atom. The molecule has 0 saturated heterocycles. The summed E-state index contributed by atoms with van der Waals surface area (Å²) in [5.41, 5.74) is 0. The molecule has 0 atom stereocenters. The molecular weight excluding hydrogens is 218 g/mol. The van der Waals surface area contributed by atoms with Crippen molar-refractivity contribution in [2.24, 2.45) is 0 Å². The van der Waals surface area contributed by atoms with Crippen LogP contribution in [-0.2, 0) is 4.74 Å². The lowest BCUT2D eigenvalue weighted by molar-refractivity contribution is 0.132. The maximum Gasteiger partial charge on any atom is 0.0478 e. The number of rotatable bonds is 8. The number of hydrogen-bond acceptors (Lipinski definition) is 2. The fourth-order valence-corrected chi connectivity index (χ4v) is 0.968. The quantitative estimate of drug-likeness (QED) is 0.653. The molecular formula is C9H18BrNO. The molecule has 0 aromatic carbocycles. The largest absolute Gasteiger partial charge is 0.381 e. The summed E-state index contributed by atoms with van der Waals surface area (Å²) in [5.74, 6) is 0. The van der Waals surface area contributed by atoms with Crippen LogP contribution in [0.25, 0.3) is 0 Å². The third-order valence-electron chi connectivity index (χ3n) is 1.31. The summed E-state index contributed by atoms with van der Waals surface area (Å²) in [5, 5.41) is 3.24. The summed E-state index contributed by atoms with van der Waals surface area (Å²) in [4.78, 5) is 0. The Hall–Kier alpha value is 0.140. The first-order valence-electron chi connectivity index (χ1n) is 4.39. The highest BCUT2D eigenvalue weighted by Gasteiger charge is 1.89. The van der Waals surface area contributed by atoms with Crippen LogP contribution >= 0.6 is 15.9 Å². The van der Waals surface area contributed by atoms with Crippen molar-refractivity contribution in [2.45, 2.75) is 19.8 Å². The molecule has 0 aliphatic heterocycles. The second-order valence-corrected chi connectivity index (χ2v) is 3.78. The van der Waals surface area contributed by atoms with Gasteiger partial charge in [0.05, 0.1) is 0 Å². The summed E-state index contributed by atoms with van der Waals surface area (Å²) in [6.07, 6.45) is 2.17. The monoisotopic (exact) mass is 235 g/mol. The first-order chi connectivity index (χ1) is 5.77. The average molecular weight is 236 g/mol.